The topological polar surface area (TPSA) is 64.7 Å². The van der Waals surface area contributed by atoms with E-state index in [9.17, 15) is 0 Å². The Labute approximate surface area is 176 Å². The normalized spacial score (nSPS) is 11.5. The maximum absolute atomic E-state index is 5.98. The van der Waals surface area contributed by atoms with E-state index in [1.807, 2.05) is 42.5 Å². The van der Waals surface area contributed by atoms with E-state index < -0.39 is 0 Å². The first-order chi connectivity index (χ1) is 14.8. The number of nitrogens with zero attached hydrogens (tertiary/aromatic N) is 3. The third-order valence-electron chi connectivity index (χ3n) is 5.29. The van der Waals surface area contributed by atoms with E-state index in [0.29, 0.717) is 0 Å². The van der Waals surface area contributed by atoms with Gasteiger partial charge in [-0.15, -0.1) is 11.3 Å². The predicted molar refractivity (Wildman–Crippen MR) is 126 cm³/mol. The van der Waals surface area contributed by atoms with E-state index in [1.54, 1.807) is 11.3 Å². The zero-order chi connectivity index (χ0) is 20.1. The second kappa shape index (κ2) is 6.61. The number of pyridine rings is 1. The highest BCUT2D eigenvalue weighted by Gasteiger charge is 2.14. The van der Waals surface area contributed by atoms with E-state index in [2.05, 4.69) is 52.4 Å². The minimum atomic E-state index is 0.252. The first kappa shape index (κ1) is 17.1. The van der Waals surface area contributed by atoms with Gasteiger partial charge in [0.15, 0.2) is 0 Å². The Balaban J connectivity index is 1.64. The molecule has 6 aromatic rings. The molecule has 5 heteroatoms. The number of hydrogen-bond donors (Lipinski definition) is 1. The van der Waals surface area contributed by atoms with Crippen molar-refractivity contribution < 1.29 is 0 Å². The van der Waals surface area contributed by atoms with Crippen molar-refractivity contribution in [2.24, 2.45) is 0 Å². The monoisotopic (exact) mass is 404 g/mol. The molecule has 0 radical (unpaired) electrons. The molecule has 3 heterocycles. The molecule has 0 amide bonds. The van der Waals surface area contributed by atoms with Gasteiger partial charge in [-0.05, 0) is 18.2 Å². The van der Waals surface area contributed by atoms with Crippen LogP contribution in [0.25, 0.3) is 53.7 Å². The quantitative estimate of drug-likeness (QED) is 0.367. The largest absolute Gasteiger partial charge is 0.368 e. The number of anilines is 1. The first-order valence-electron chi connectivity index (χ1n) is 9.68. The van der Waals surface area contributed by atoms with Gasteiger partial charge in [-0.2, -0.15) is 0 Å². The third-order valence-corrected chi connectivity index (χ3v) is 6.51. The summed E-state index contributed by atoms with van der Waals surface area (Å²) in [5.41, 5.74) is 11.2. The molecule has 0 unspecified atom stereocenters. The fourth-order valence-corrected chi connectivity index (χ4v) is 5.15. The highest BCUT2D eigenvalue weighted by atomic mass is 32.1. The number of benzene rings is 3. The van der Waals surface area contributed by atoms with Crippen molar-refractivity contribution in [1.29, 1.82) is 0 Å². The second-order valence-corrected chi connectivity index (χ2v) is 8.19. The minimum Gasteiger partial charge on any atom is -0.368 e. The lowest BCUT2D eigenvalue weighted by Gasteiger charge is -2.09. The summed E-state index contributed by atoms with van der Waals surface area (Å²) in [6, 6.07) is 28.9. The molecule has 4 nitrogen and oxygen atoms in total. The van der Waals surface area contributed by atoms with Gasteiger partial charge in [-0.3, -0.25) is 0 Å². The van der Waals surface area contributed by atoms with E-state index in [4.69, 9.17) is 10.7 Å². The Morgan fingerprint density at radius 3 is 2.37 bits per heavy atom. The fraction of sp³-hybridized carbons (Fsp3) is 0. The Morgan fingerprint density at radius 2 is 1.47 bits per heavy atom. The van der Waals surface area contributed by atoms with Crippen LogP contribution in [0, 0.1) is 0 Å². The smallest absolute Gasteiger partial charge is 0.221 e. The van der Waals surface area contributed by atoms with E-state index in [0.717, 1.165) is 33.5 Å². The number of rotatable bonds is 2. The molecule has 142 valence electrons. The highest BCUT2D eigenvalue weighted by Crippen LogP contribution is 2.39. The summed E-state index contributed by atoms with van der Waals surface area (Å²) < 4.78 is 2.52. The van der Waals surface area contributed by atoms with Gasteiger partial charge in [0.2, 0.25) is 5.95 Å². The lowest BCUT2D eigenvalue weighted by atomic mass is 10.1. The lowest BCUT2D eigenvalue weighted by molar-refractivity contribution is 1.22. The van der Waals surface area contributed by atoms with Crippen molar-refractivity contribution in [2.75, 3.05) is 5.73 Å². The molecule has 0 atom stereocenters. The van der Waals surface area contributed by atoms with Crippen LogP contribution in [0.5, 0.6) is 0 Å². The minimum absolute atomic E-state index is 0.252. The average molecular weight is 404 g/mol. The lowest BCUT2D eigenvalue weighted by Crippen LogP contribution is -2.00. The van der Waals surface area contributed by atoms with E-state index in [-0.39, 0.29) is 5.95 Å². The van der Waals surface area contributed by atoms with Crippen molar-refractivity contribution in [3.05, 3.63) is 84.9 Å². The van der Waals surface area contributed by atoms with Crippen LogP contribution in [0.4, 0.5) is 5.95 Å². The average Bonchev–Trinajstić information content (AvgIpc) is 3.18. The summed E-state index contributed by atoms with van der Waals surface area (Å²) in [5, 5.41) is 2.54. The maximum atomic E-state index is 5.98. The van der Waals surface area contributed by atoms with Gasteiger partial charge in [0.1, 0.15) is 11.2 Å². The van der Waals surface area contributed by atoms with Crippen molar-refractivity contribution in [3.63, 3.8) is 0 Å². The molecule has 0 fully saturated rings. The second-order valence-electron chi connectivity index (χ2n) is 7.14. The zero-order valence-corrected chi connectivity index (χ0v) is 16.7. The maximum Gasteiger partial charge on any atom is 0.221 e. The van der Waals surface area contributed by atoms with E-state index in [1.165, 1.54) is 20.2 Å². The van der Waals surface area contributed by atoms with Crippen LogP contribution in [-0.4, -0.2) is 15.0 Å². The molecular weight excluding hydrogens is 388 g/mol. The standard InChI is InChI=1S/C25H16N4S/c26-25-28-20-14-13-19(27-23(20)22(29-25)15-7-2-1-3-8-15)18-11-6-10-17-16-9-4-5-12-21(16)30-24(17)18/h1-14H,(H2,26,28,29). The van der Waals surface area contributed by atoms with Gasteiger partial charge >= 0.3 is 0 Å². The zero-order valence-electron chi connectivity index (χ0n) is 15.9. The van der Waals surface area contributed by atoms with Crippen molar-refractivity contribution >= 4 is 48.5 Å². The predicted octanol–water partition coefficient (Wildman–Crippen LogP) is 6.31. The molecule has 0 aliphatic rings. The van der Waals surface area contributed by atoms with Gasteiger partial charge in [-0.25, -0.2) is 15.0 Å². The fourth-order valence-electron chi connectivity index (χ4n) is 3.93. The molecule has 0 aliphatic heterocycles. The number of nitrogens with two attached hydrogens (primary N) is 1. The summed E-state index contributed by atoms with van der Waals surface area (Å²) in [6.07, 6.45) is 0. The molecule has 2 N–H and O–H groups in total. The third kappa shape index (κ3) is 2.64. The molecule has 6 rings (SSSR count). The Morgan fingerprint density at radius 1 is 0.667 bits per heavy atom. The molecule has 0 bridgehead atoms. The van der Waals surface area contributed by atoms with Crippen molar-refractivity contribution in [2.45, 2.75) is 0 Å². The molecular formula is C25H16N4S. The van der Waals surface area contributed by atoms with Crippen LogP contribution in [0.3, 0.4) is 0 Å². The number of thiophene rings is 1. The van der Waals surface area contributed by atoms with Crippen LogP contribution in [0.15, 0.2) is 84.9 Å². The van der Waals surface area contributed by atoms with Crippen LogP contribution in [0.2, 0.25) is 0 Å². The Bertz CT molecular complexity index is 1550. The Kier molecular flexibility index (Phi) is 3.76. The summed E-state index contributed by atoms with van der Waals surface area (Å²) in [7, 11) is 0. The van der Waals surface area contributed by atoms with E-state index >= 15 is 0 Å². The van der Waals surface area contributed by atoms with Gasteiger partial charge < -0.3 is 5.73 Å². The SMILES string of the molecule is Nc1nc(-c2ccccc2)c2nc(-c3cccc4c3sc3ccccc34)ccc2n1. The van der Waals surface area contributed by atoms with Crippen LogP contribution >= 0.6 is 11.3 Å². The van der Waals surface area contributed by atoms with Gasteiger partial charge in [0, 0.05) is 31.3 Å². The van der Waals surface area contributed by atoms with Gasteiger partial charge in [-0.1, -0.05) is 66.7 Å². The molecule has 0 aliphatic carbocycles. The van der Waals surface area contributed by atoms with Crippen LogP contribution < -0.4 is 5.73 Å². The number of aromatic nitrogens is 3. The summed E-state index contributed by atoms with van der Waals surface area (Å²) >= 11 is 1.80. The molecule has 3 aromatic carbocycles. The molecule has 30 heavy (non-hydrogen) atoms. The molecule has 0 saturated carbocycles. The molecule has 3 aromatic heterocycles. The van der Waals surface area contributed by atoms with Crippen molar-refractivity contribution in [3.8, 4) is 22.5 Å². The highest BCUT2D eigenvalue weighted by molar-refractivity contribution is 7.26. The van der Waals surface area contributed by atoms with Gasteiger partial charge in [0.25, 0.3) is 0 Å². The molecule has 0 spiro atoms. The molecule has 0 saturated heterocycles. The number of fused-ring (bicyclic) bond motifs is 4. The van der Waals surface area contributed by atoms with Crippen LogP contribution in [-0.2, 0) is 0 Å². The number of hydrogen-bond acceptors (Lipinski definition) is 5. The number of nitrogen functional groups attached to an aromatic ring is 1. The summed E-state index contributed by atoms with van der Waals surface area (Å²) in [6.45, 7) is 0. The summed E-state index contributed by atoms with van der Waals surface area (Å²) in [5.74, 6) is 0.252. The first-order valence-corrected chi connectivity index (χ1v) is 10.5. The van der Waals surface area contributed by atoms with Crippen LogP contribution in [0.1, 0.15) is 0 Å². The Hall–Kier alpha value is -3.83. The van der Waals surface area contributed by atoms with Crippen molar-refractivity contribution in [1.82, 2.24) is 15.0 Å². The summed E-state index contributed by atoms with van der Waals surface area (Å²) in [4.78, 5) is 13.9. The van der Waals surface area contributed by atoms with Gasteiger partial charge in [0.05, 0.1) is 11.2 Å².